The smallest absolute Gasteiger partial charge is 0.258 e. The van der Waals surface area contributed by atoms with Crippen LogP contribution in [-0.4, -0.2) is 33.2 Å². The van der Waals surface area contributed by atoms with Gasteiger partial charge in [0.2, 0.25) is 15.0 Å². The van der Waals surface area contributed by atoms with E-state index in [2.05, 4.69) is 20.0 Å². The van der Waals surface area contributed by atoms with Gasteiger partial charge < -0.3 is 0 Å². The molecule has 0 saturated heterocycles. The number of nitro groups is 1. The van der Waals surface area contributed by atoms with Gasteiger partial charge in [-0.2, -0.15) is 9.61 Å². The molecule has 3 rings (SSSR count). The van der Waals surface area contributed by atoms with Gasteiger partial charge in [-0.15, -0.1) is 10.2 Å². The molecule has 22 heavy (non-hydrogen) atoms. The van der Waals surface area contributed by atoms with Crippen LogP contribution >= 0.6 is 11.3 Å². The number of nitro benzene ring substituents is 1. The number of fused-ring (bicyclic) bond motifs is 1. The minimum absolute atomic E-state index is 0.0426. The van der Waals surface area contributed by atoms with Crippen molar-refractivity contribution >= 4 is 32.0 Å². The van der Waals surface area contributed by atoms with Crippen molar-refractivity contribution < 1.29 is 13.3 Å². The molecule has 0 spiro atoms. The second-order valence-corrected chi connectivity index (χ2v) is 6.94. The van der Waals surface area contributed by atoms with Gasteiger partial charge >= 0.3 is 0 Å². The Morgan fingerprint density at radius 3 is 2.95 bits per heavy atom. The van der Waals surface area contributed by atoms with Crippen LogP contribution in [0, 0.1) is 10.1 Å². The number of rotatable bonds is 5. The first-order valence-corrected chi connectivity index (χ1v) is 8.15. The average Bonchev–Trinajstić information content (AvgIpc) is 3.06. The van der Waals surface area contributed by atoms with E-state index in [4.69, 9.17) is 0 Å². The molecule has 0 aliphatic rings. The van der Waals surface area contributed by atoms with E-state index in [-0.39, 0.29) is 17.1 Å². The van der Waals surface area contributed by atoms with Gasteiger partial charge in [-0.1, -0.05) is 17.4 Å². The van der Waals surface area contributed by atoms with E-state index in [9.17, 15) is 18.5 Å². The van der Waals surface area contributed by atoms with Crippen LogP contribution in [0.2, 0.25) is 0 Å². The van der Waals surface area contributed by atoms with Gasteiger partial charge in [-0.3, -0.25) is 10.1 Å². The number of non-ortho nitro benzene ring substituents is 1. The summed E-state index contributed by atoms with van der Waals surface area (Å²) in [5.41, 5.74) is -0.290. The van der Waals surface area contributed by atoms with Gasteiger partial charge in [0, 0.05) is 12.1 Å². The van der Waals surface area contributed by atoms with Crippen molar-refractivity contribution in [3.8, 4) is 0 Å². The minimum Gasteiger partial charge on any atom is -0.258 e. The van der Waals surface area contributed by atoms with Gasteiger partial charge in [0.15, 0.2) is 0 Å². The lowest BCUT2D eigenvalue weighted by Gasteiger charge is -2.04. The Balaban J connectivity index is 1.79. The highest BCUT2D eigenvalue weighted by molar-refractivity contribution is 7.89. The molecule has 0 aliphatic carbocycles. The fourth-order valence-electron chi connectivity index (χ4n) is 1.68. The molecule has 1 N–H and O–H groups in total. The zero-order valence-electron chi connectivity index (χ0n) is 10.8. The Kier molecular flexibility index (Phi) is 3.56. The van der Waals surface area contributed by atoms with E-state index in [1.165, 1.54) is 40.4 Å². The summed E-state index contributed by atoms with van der Waals surface area (Å²) in [6.07, 6.45) is 1.41. The van der Waals surface area contributed by atoms with Crippen LogP contribution in [-0.2, 0) is 16.6 Å². The van der Waals surface area contributed by atoms with Crippen LogP contribution in [0.4, 0.5) is 5.69 Å². The van der Waals surface area contributed by atoms with E-state index in [1.807, 2.05) is 0 Å². The molecule has 0 unspecified atom stereocenters. The summed E-state index contributed by atoms with van der Waals surface area (Å²) >= 11 is 1.19. The lowest BCUT2D eigenvalue weighted by Crippen LogP contribution is -2.23. The van der Waals surface area contributed by atoms with E-state index in [0.29, 0.717) is 9.97 Å². The maximum absolute atomic E-state index is 12.1. The monoisotopic (exact) mass is 340 g/mol. The first kappa shape index (κ1) is 14.5. The fourth-order valence-corrected chi connectivity index (χ4v) is 3.55. The number of nitrogens with zero attached hydrogens (tertiary/aromatic N) is 5. The molecular formula is C10H8N6O4S2. The van der Waals surface area contributed by atoms with Gasteiger partial charge in [0.1, 0.15) is 11.3 Å². The summed E-state index contributed by atoms with van der Waals surface area (Å²) in [6.45, 7) is -0.0426. The highest BCUT2D eigenvalue weighted by Crippen LogP contribution is 2.18. The quantitative estimate of drug-likeness (QED) is 0.530. The van der Waals surface area contributed by atoms with Crippen molar-refractivity contribution in [3.05, 3.63) is 45.7 Å². The number of sulfonamides is 1. The number of hydrogen-bond donors (Lipinski definition) is 1. The fraction of sp³-hybridized carbons (Fsp3) is 0.100. The van der Waals surface area contributed by atoms with Crippen molar-refractivity contribution in [1.82, 2.24) is 24.5 Å². The Morgan fingerprint density at radius 2 is 2.23 bits per heavy atom. The molecule has 0 radical (unpaired) electrons. The van der Waals surface area contributed by atoms with Gasteiger partial charge in [0.25, 0.3) is 5.69 Å². The Bertz CT molecular complexity index is 919. The van der Waals surface area contributed by atoms with E-state index in [0.717, 1.165) is 6.07 Å². The Morgan fingerprint density at radius 1 is 1.41 bits per heavy atom. The number of benzene rings is 1. The third-order valence-electron chi connectivity index (χ3n) is 2.68. The van der Waals surface area contributed by atoms with Crippen LogP contribution in [0.5, 0.6) is 0 Å². The largest absolute Gasteiger partial charge is 0.270 e. The molecule has 114 valence electrons. The predicted octanol–water partition coefficient (Wildman–Crippen LogP) is 0.573. The summed E-state index contributed by atoms with van der Waals surface area (Å²) in [7, 11) is -3.87. The molecule has 1 aromatic carbocycles. The average molecular weight is 340 g/mol. The lowest BCUT2D eigenvalue weighted by molar-refractivity contribution is -0.385. The molecule has 0 aliphatic heterocycles. The minimum atomic E-state index is -3.87. The summed E-state index contributed by atoms with van der Waals surface area (Å²) in [5, 5.41) is 22.7. The summed E-state index contributed by atoms with van der Waals surface area (Å²) in [6, 6.07) is 4.83. The van der Waals surface area contributed by atoms with Crippen LogP contribution in [0.15, 0.2) is 35.5 Å². The lowest BCUT2D eigenvalue weighted by atomic mass is 10.3. The van der Waals surface area contributed by atoms with Crippen LogP contribution in [0.1, 0.15) is 5.01 Å². The van der Waals surface area contributed by atoms with E-state index < -0.39 is 14.9 Å². The molecule has 0 bridgehead atoms. The van der Waals surface area contributed by atoms with Crippen molar-refractivity contribution in [2.45, 2.75) is 11.4 Å². The molecule has 0 saturated carbocycles. The van der Waals surface area contributed by atoms with E-state index in [1.54, 1.807) is 0 Å². The zero-order chi connectivity index (χ0) is 15.7. The molecule has 2 aromatic heterocycles. The van der Waals surface area contributed by atoms with Crippen LogP contribution in [0.3, 0.4) is 0 Å². The van der Waals surface area contributed by atoms with Gasteiger partial charge in [-0.25, -0.2) is 13.1 Å². The number of aromatic nitrogens is 4. The van der Waals surface area contributed by atoms with Crippen molar-refractivity contribution in [3.63, 3.8) is 0 Å². The molecule has 0 amide bonds. The van der Waals surface area contributed by atoms with Crippen molar-refractivity contribution in [2.24, 2.45) is 0 Å². The van der Waals surface area contributed by atoms with Crippen molar-refractivity contribution in [1.29, 1.82) is 0 Å². The summed E-state index contributed by atoms with van der Waals surface area (Å²) in [4.78, 5) is 10.4. The molecular weight excluding hydrogens is 332 g/mol. The SMILES string of the molecule is O=[N+]([O-])c1cccc(S(=O)(=O)NCc2nn3cnnc3s2)c1. The second kappa shape index (κ2) is 5.40. The molecule has 0 atom stereocenters. The van der Waals surface area contributed by atoms with Crippen LogP contribution in [0.25, 0.3) is 4.96 Å². The first-order valence-electron chi connectivity index (χ1n) is 5.85. The third kappa shape index (κ3) is 2.79. The maximum Gasteiger partial charge on any atom is 0.270 e. The number of nitrogens with one attached hydrogen (secondary N) is 1. The Labute approximate surface area is 127 Å². The molecule has 3 aromatic rings. The van der Waals surface area contributed by atoms with Gasteiger partial charge in [0.05, 0.1) is 16.4 Å². The topological polar surface area (TPSA) is 132 Å². The van der Waals surface area contributed by atoms with Crippen LogP contribution < -0.4 is 4.72 Å². The molecule has 2 heterocycles. The molecule has 10 nitrogen and oxygen atoms in total. The maximum atomic E-state index is 12.1. The highest BCUT2D eigenvalue weighted by Gasteiger charge is 2.18. The predicted molar refractivity (Wildman–Crippen MR) is 75.8 cm³/mol. The summed E-state index contributed by atoms with van der Waals surface area (Å²) < 4.78 is 28.1. The van der Waals surface area contributed by atoms with Gasteiger partial charge in [-0.05, 0) is 6.07 Å². The van der Waals surface area contributed by atoms with E-state index >= 15 is 0 Å². The van der Waals surface area contributed by atoms with Crippen molar-refractivity contribution in [2.75, 3.05) is 0 Å². The zero-order valence-corrected chi connectivity index (χ0v) is 12.4. The first-order chi connectivity index (χ1) is 10.5. The standard InChI is InChI=1S/C10H8N6O4S2/c17-16(18)7-2-1-3-8(4-7)22(19,20)12-5-9-14-15-6-11-13-10(15)21-9/h1-4,6,12H,5H2. The number of hydrogen-bond acceptors (Lipinski definition) is 8. The highest BCUT2D eigenvalue weighted by atomic mass is 32.2. The Hall–Kier alpha value is -2.44. The second-order valence-electron chi connectivity index (χ2n) is 4.13. The summed E-state index contributed by atoms with van der Waals surface area (Å²) in [5.74, 6) is 0. The third-order valence-corrected chi connectivity index (χ3v) is 4.99. The molecule has 0 fully saturated rings. The normalized spacial score (nSPS) is 11.8. The molecule has 12 heteroatoms.